The number of esters is 1. The molecule has 0 bridgehead atoms. The number of ether oxygens (including phenoxy) is 1. The molecular formula is C25H26ClFN2O4. The van der Waals surface area contributed by atoms with E-state index in [2.05, 4.69) is 10.1 Å². The fourth-order valence-corrected chi connectivity index (χ4v) is 3.52. The lowest BCUT2D eigenvalue weighted by Crippen LogP contribution is -2.31. The van der Waals surface area contributed by atoms with Crippen LogP contribution >= 0.6 is 11.6 Å². The highest BCUT2D eigenvalue weighted by atomic mass is 35.5. The first-order valence-electron chi connectivity index (χ1n) is 10.7. The predicted molar refractivity (Wildman–Crippen MR) is 122 cm³/mol. The van der Waals surface area contributed by atoms with Crippen LogP contribution in [0, 0.1) is 5.82 Å². The summed E-state index contributed by atoms with van der Waals surface area (Å²) in [5.74, 6) is -0.781. The average molecular weight is 473 g/mol. The predicted octanol–water partition coefficient (Wildman–Crippen LogP) is 5.23. The lowest BCUT2D eigenvalue weighted by Gasteiger charge is -2.17. The van der Waals surface area contributed by atoms with Crippen LogP contribution in [0.2, 0.25) is 5.02 Å². The van der Waals surface area contributed by atoms with Crippen molar-refractivity contribution in [3.8, 4) is 0 Å². The number of rotatable bonds is 10. The van der Waals surface area contributed by atoms with Gasteiger partial charge in [-0.1, -0.05) is 41.0 Å². The van der Waals surface area contributed by atoms with Gasteiger partial charge in [0.05, 0.1) is 6.61 Å². The number of hydrogen-bond donors (Lipinski definition) is 0. The summed E-state index contributed by atoms with van der Waals surface area (Å²) in [7, 11) is 0. The summed E-state index contributed by atoms with van der Waals surface area (Å²) in [6.07, 6.45) is 0.792. The van der Waals surface area contributed by atoms with Crippen molar-refractivity contribution in [1.29, 1.82) is 0 Å². The first-order valence-corrected chi connectivity index (χ1v) is 11.1. The van der Waals surface area contributed by atoms with E-state index in [1.54, 1.807) is 45.0 Å². The Kier molecular flexibility index (Phi) is 7.97. The molecule has 2 aromatic carbocycles. The maximum atomic E-state index is 13.2. The van der Waals surface area contributed by atoms with Gasteiger partial charge in [-0.05, 0) is 62.6 Å². The molecule has 3 rings (SSSR count). The highest BCUT2D eigenvalue weighted by Gasteiger charge is 2.38. The minimum atomic E-state index is -1.12. The number of nitrogens with zero attached hydrogens (tertiary/aromatic N) is 2. The topological polar surface area (TPSA) is 82.3 Å². The minimum Gasteiger partial charge on any atom is -0.465 e. The van der Waals surface area contributed by atoms with Gasteiger partial charge in [-0.3, -0.25) is 9.59 Å². The van der Waals surface area contributed by atoms with E-state index in [-0.39, 0.29) is 42.9 Å². The van der Waals surface area contributed by atoms with E-state index in [0.717, 1.165) is 11.1 Å². The van der Waals surface area contributed by atoms with Gasteiger partial charge >= 0.3 is 5.97 Å². The summed E-state index contributed by atoms with van der Waals surface area (Å²) in [6, 6.07) is 13.2. The number of Topliss-reactive ketones (excluding diaryl/α,β-unsaturated/α-hetero) is 1. The first kappa shape index (κ1) is 24.6. The second-order valence-electron chi connectivity index (χ2n) is 8.38. The lowest BCUT2D eigenvalue weighted by molar-refractivity contribution is -0.149. The quantitative estimate of drug-likeness (QED) is 0.376. The molecule has 0 amide bonds. The van der Waals surface area contributed by atoms with E-state index in [1.807, 2.05) is 12.1 Å². The number of hydrogen-bond acceptors (Lipinski definition) is 6. The molecule has 1 atom stereocenters. The van der Waals surface area contributed by atoms with Crippen LogP contribution in [-0.4, -0.2) is 28.5 Å². The zero-order chi connectivity index (χ0) is 24.0. The second-order valence-corrected chi connectivity index (χ2v) is 8.81. The van der Waals surface area contributed by atoms with Crippen LogP contribution in [0.3, 0.4) is 0 Å². The van der Waals surface area contributed by atoms with Crippen LogP contribution in [0.25, 0.3) is 0 Å². The van der Waals surface area contributed by atoms with Gasteiger partial charge < -0.3 is 9.26 Å². The Morgan fingerprint density at radius 2 is 1.73 bits per heavy atom. The Bertz CT molecular complexity index is 1090. The highest BCUT2D eigenvalue weighted by molar-refractivity contribution is 6.30. The second kappa shape index (κ2) is 10.7. The summed E-state index contributed by atoms with van der Waals surface area (Å²) < 4.78 is 23.7. The smallest absolute Gasteiger partial charge is 0.321 e. The summed E-state index contributed by atoms with van der Waals surface area (Å²) in [6.45, 7) is 5.26. The molecule has 0 aliphatic rings. The summed E-state index contributed by atoms with van der Waals surface area (Å²) in [5.41, 5.74) is 0.559. The van der Waals surface area contributed by atoms with Crippen molar-refractivity contribution in [2.45, 2.75) is 51.4 Å². The minimum absolute atomic E-state index is 0.0448. The van der Waals surface area contributed by atoms with Gasteiger partial charge in [0.2, 0.25) is 5.89 Å². The normalized spacial score (nSPS) is 12.4. The summed E-state index contributed by atoms with van der Waals surface area (Å²) in [5, 5.41) is 4.70. The number of ketones is 1. The zero-order valence-electron chi connectivity index (χ0n) is 18.8. The van der Waals surface area contributed by atoms with E-state index in [9.17, 15) is 14.0 Å². The van der Waals surface area contributed by atoms with Crippen LogP contribution in [0.15, 0.2) is 53.1 Å². The molecule has 0 unspecified atom stereocenters. The monoisotopic (exact) mass is 472 g/mol. The Balaban J connectivity index is 1.83. The standard InChI is InChI=1S/C25H26ClFN2O4/c1-4-32-24(31)25(2,3)23-28-22(29-33-23)18(13-16-5-9-19(26)10-6-16)15-21(30)14-17-7-11-20(27)12-8-17/h5-12,18H,4,13-15H2,1-3H3/t18-/m1/s1. The molecule has 0 aliphatic carbocycles. The third-order valence-electron chi connectivity index (χ3n) is 5.31. The molecule has 3 aromatic rings. The van der Waals surface area contributed by atoms with E-state index in [1.165, 1.54) is 12.1 Å². The van der Waals surface area contributed by atoms with Gasteiger partial charge in [-0.15, -0.1) is 0 Å². The van der Waals surface area contributed by atoms with Gasteiger partial charge in [0.25, 0.3) is 0 Å². The Morgan fingerprint density at radius 1 is 1.09 bits per heavy atom. The van der Waals surface area contributed by atoms with Crippen LogP contribution in [0.4, 0.5) is 4.39 Å². The molecule has 0 N–H and O–H groups in total. The third-order valence-corrected chi connectivity index (χ3v) is 5.56. The number of carbonyl (C=O) groups excluding carboxylic acids is 2. The average Bonchev–Trinajstić information content (AvgIpc) is 3.28. The Labute approximate surface area is 197 Å². The number of benzene rings is 2. The molecule has 1 heterocycles. The van der Waals surface area contributed by atoms with Crippen molar-refractivity contribution < 1.29 is 23.2 Å². The summed E-state index contributed by atoms with van der Waals surface area (Å²) >= 11 is 6.00. The molecule has 0 radical (unpaired) electrons. The molecule has 0 fully saturated rings. The van der Waals surface area contributed by atoms with Crippen LogP contribution in [0.1, 0.15) is 56.0 Å². The summed E-state index contributed by atoms with van der Waals surface area (Å²) in [4.78, 5) is 29.6. The molecule has 0 saturated carbocycles. The van der Waals surface area contributed by atoms with Crippen LogP contribution in [0.5, 0.6) is 0 Å². The molecule has 33 heavy (non-hydrogen) atoms. The van der Waals surface area contributed by atoms with Crippen molar-refractivity contribution in [3.63, 3.8) is 0 Å². The Morgan fingerprint density at radius 3 is 2.36 bits per heavy atom. The molecule has 0 saturated heterocycles. The molecule has 0 spiro atoms. The largest absolute Gasteiger partial charge is 0.465 e. The molecule has 174 valence electrons. The molecule has 8 heteroatoms. The number of aromatic nitrogens is 2. The maximum Gasteiger partial charge on any atom is 0.321 e. The van der Waals surface area contributed by atoms with E-state index >= 15 is 0 Å². The molecule has 6 nitrogen and oxygen atoms in total. The number of halogens is 2. The number of carbonyl (C=O) groups is 2. The van der Waals surface area contributed by atoms with E-state index in [4.69, 9.17) is 20.9 Å². The maximum absolute atomic E-state index is 13.2. The van der Waals surface area contributed by atoms with Gasteiger partial charge in [0.15, 0.2) is 5.82 Å². The first-order chi connectivity index (χ1) is 15.7. The van der Waals surface area contributed by atoms with Gasteiger partial charge in [0.1, 0.15) is 17.0 Å². The SMILES string of the molecule is CCOC(=O)C(C)(C)c1nc([C@@H](CC(=O)Cc2ccc(F)cc2)Cc2ccc(Cl)cc2)no1. The zero-order valence-corrected chi connectivity index (χ0v) is 19.6. The fourth-order valence-electron chi connectivity index (χ4n) is 3.39. The van der Waals surface area contributed by atoms with E-state index in [0.29, 0.717) is 17.3 Å². The fraction of sp³-hybridized carbons (Fsp3) is 0.360. The van der Waals surface area contributed by atoms with Crippen molar-refractivity contribution in [2.24, 2.45) is 0 Å². The highest BCUT2D eigenvalue weighted by Crippen LogP contribution is 2.28. The van der Waals surface area contributed by atoms with Gasteiger partial charge in [0, 0.05) is 23.8 Å². The van der Waals surface area contributed by atoms with Crippen LogP contribution < -0.4 is 0 Å². The van der Waals surface area contributed by atoms with Crippen LogP contribution in [-0.2, 0) is 32.6 Å². The molecule has 1 aromatic heterocycles. The molecule has 0 aliphatic heterocycles. The molecular weight excluding hydrogens is 447 g/mol. The van der Waals surface area contributed by atoms with Gasteiger partial charge in [-0.2, -0.15) is 4.98 Å². The van der Waals surface area contributed by atoms with Crippen molar-refractivity contribution in [2.75, 3.05) is 6.61 Å². The van der Waals surface area contributed by atoms with E-state index < -0.39 is 11.4 Å². The van der Waals surface area contributed by atoms with Crippen molar-refractivity contribution in [1.82, 2.24) is 10.1 Å². The van der Waals surface area contributed by atoms with Gasteiger partial charge in [-0.25, -0.2) is 4.39 Å². The Hall–Kier alpha value is -3.06. The third kappa shape index (κ3) is 6.48. The lowest BCUT2D eigenvalue weighted by atomic mass is 9.91. The van der Waals surface area contributed by atoms with Crippen molar-refractivity contribution >= 4 is 23.4 Å². The van der Waals surface area contributed by atoms with Crippen molar-refractivity contribution in [3.05, 3.63) is 82.2 Å².